The minimum absolute atomic E-state index is 0.459. The maximum Gasteiger partial charge on any atom is 0.180 e. The molecule has 4 atom stereocenters. The molecular weight excluding hydrogens is 160 g/mol. The van der Waals surface area contributed by atoms with Crippen molar-refractivity contribution >= 4 is 0 Å². The van der Waals surface area contributed by atoms with Gasteiger partial charge in [-0.25, -0.2) is 0 Å². The predicted molar refractivity (Wildman–Crippen MR) is 44.5 cm³/mol. The van der Waals surface area contributed by atoms with Crippen LogP contribution in [0.1, 0.15) is 27.2 Å². The molecular formula is C8H18O4. The van der Waals surface area contributed by atoms with E-state index in [0.29, 0.717) is 6.42 Å². The molecule has 0 aromatic heterocycles. The molecule has 3 unspecified atom stereocenters. The third kappa shape index (κ3) is 4.01. The maximum atomic E-state index is 9.24. The van der Waals surface area contributed by atoms with Gasteiger partial charge >= 0.3 is 0 Å². The molecule has 0 aromatic carbocycles. The Kier molecular flexibility index (Phi) is 5.41. The fourth-order valence-electron chi connectivity index (χ4n) is 0.756. The van der Waals surface area contributed by atoms with E-state index in [1.165, 1.54) is 6.92 Å². The molecule has 74 valence electrons. The fourth-order valence-corrected chi connectivity index (χ4v) is 0.756. The Morgan fingerprint density at radius 2 is 1.67 bits per heavy atom. The normalized spacial score (nSPS) is 21.5. The van der Waals surface area contributed by atoms with Crippen LogP contribution in [0.25, 0.3) is 0 Å². The number of hydrogen-bond acceptors (Lipinski definition) is 4. The van der Waals surface area contributed by atoms with Crippen molar-refractivity contribution < 1.29 is 20.1 Å². The second-order valence-electron chi connectivity index (χ2n) is 2.95. The van der Waals surface area contributed by atoms with Crippen molar-refractivity contribution in [2.75, 3.05) is 0 Å². The quantitative estimate of drug-likeness (QED) is 0.512. The SMILES string of the molecule is CCC(O)C(C)OC(O)[C@H](C)O. The zero-order valence-electron chi connectivity index (χ0n) is 7.77. The Morgan fingerprint density at radius 3 is 2.00 bits per heavy atom. The van der Waals surface area contributed by atoms with Crippen LogP contribution in [-0.4, -0.2) is 39.9 Å². The zero-order chi connectivity index (χ0) is 9.72. The summed E-state index contributed by atoms with van der Waals surface area (Å²) in [6.07, 6.45) is -2.65. The summed E-state index contributed by atoms with van der Waals surface area (Å²) >= 11 is 0. The van der Waals surface area contributed by atoms with E-state index >= 15 is 0 Å². The first-order chi connectivity index (χ1) is 5.49. The van der Waals surface area contributed by atoms with E-state index in [9.17, 15) is 5.11 Å². The third-order valence-electron chi connectivity index (χ3n) is 1.73. The highest BCUT2D eigenvalue weighted by molar-refractivity contribution is 4.63. The maximum absolute atomic E-state index is 9.24. The van der Waals surface area contributed by atoms with Crippen molar-refractivity contribution in [3.63, 3.8) is 0 Å². The van der Waals surface area contributed by atoms with E-state index in [2.05, 4.69) is 0 Å². The van der Waals surface area contributed by atoms with E-state index in [0.717, 1.165) is 0 Å². The van der Waals surface area contributed by atoms with Gasteiger partial charge in [-0.05, 0) is 20.3 Å². The molecule has 0 aliphatic heterocycles. The van der Waals surface area contributed by atoms with Gasteiger partial charge in [-0.1, -0.05) is 6.92 Å². The minimum atomic E-state index is -1.22. The second kappa shape index (κ2) is 5.48. The van der Waals surface area contributed by atoms with Crippen LogP contribution in [-0.2, 0) is 4.74 Å². The highest BCUT2D eigenvalue weighted by Gasteiger charge is 2.19. The summed E-state index contributed by atoms with van der Waals surface area (Å²) in [6.45, 7) is 4.90. The number of aliphatic hydroxyl groups is 3. The summed E-state index contributed by atoms with van der Waals surface area (Å²) in [5.41, 5.74) is 0. The first-order valence-electron chi connectivity index (χ1n) is 4.18. The van der Waals surface area contributed by atoms with Crippen LogP contribution in [0.3, 0.4) is 0 Å². The van der Waals surface area contributed by atoms with Crippen LogP contribution in [0.2, 0.25) is 0 Å². The van der Waals surface area contributed by atoms with E-state index in [4.69, 9.17) is 14.9 Å². The number of aliphatic hydroxyl groups excluding tert-OH is 3. The summed E-state index contributed by atoms with van der Waals surface area (Å²) < 4.78 is 4.92. The largest absolute Gasteiger partial charge is 0.390 e. The summed E-state index contributed by atoms with van der Waals surface area (Å²) in [5.74, 6) is 0. The second-order valence-corrected chi connectivity index (χ2v) is 2.95. The molecule has 0 radical (unpaired) electrons. The molecule has 0 saturated heterocycles. The summed E-state index contributed by atoms with van der Waals surface area (Å²) in [6, 6.07) is 0. The van der Waals surface area contributed by atoms with Crippen molar-refractivity contribution in [1.29, 1.82) is 0 Å². The molecule has 4 heteroatoms. The number of rotatable bonds is 5. The Bertz CT molecular complexity index is 116. The smallest absolute Gasteiger partial charge is 0.180 e. The first kappa shape index (κ1) is 11.8. The van der Waals surface area contributed by atoms with Gasteiger partial charge in [0.15, 0.2) is 6.29 Å². The molecule has 0 amide bonds. The Labute approximate surface area is 72.8 Å². The van der Waals surface area contributed by atoms with Crippen molar-refractivity contribution in [3.05, 3.63) is 0 Å². The van der Waals surface area contributed by atoms with Gasteiger partial charge in [0.25, 0.3) is 0 Å². The van der Waals surface area contributed by atoms with E-state index in [1.54, 1.807) is 6.92 Å². The van der Waals surface area contributed by atoms with Crippen LogP contribution in [0.4, 0.5) is 0 Å². The van der Waals surface area contributed by atoms with Gasteiger partial charge in [0.1, 0.15) is 6.10 Å². The molecule has 0 aliphatic rings. The molecule has 4 nitrogen and oxygen atoms in total. The summed E-state index contributed by atoms with van der Waals surface area (Å²) in [7, 11) is 0. The van der Waals surface area contributed by atoms with Gasteiger partial charge in [0.05, 0.1) is 12.2 Å². The van der Waals surface area contributed by atoms with Crippen LogP contribution in [0.15, 0.2) is 0 Å². The van der Waals surface area contributed by atoms with E-state index in [-0.39, 0.29) is 0 Å². The number of ether oxygens (including phenoxy) is 1. The lowest BCUT2D eigenvalue weighted by Gasteiger charge is -2.23. The topological polar surface area (TPSA) is 69.9 Å². The molecule has 0 spiro atoms. The lowest BCUT2D eigenvalue weighted by molar-refractivity contribution is -0.198. The zero-order valence-corrected chi connectivity index (χ0v) is 7.77. The Morgan fingerprint density at radius 1 is 1.17 bits per heavy atom. The predicted octanol–water partition coefficient (Wildman–Crippen LogP) is -0.138. The molecule has 0 rings (SSSR count). The summed E-state index contributed by atoms with van der Waals surface area (Å²) in [5, 5.41) is 27.2. The lowest BCUT2D eigenvalue weighted by Crippen LogP contribution is -2.35. The molecule has 0 aliphatic carbocycles. The molecule has 3 N–H and O–H groups in total. The van der Waals surface area contributed by atoms with Crippen molar-refractivity contribution in [2.45, 2.75) is 51.8 Å². The molecule has 12 heavy (non-hydrogen) atoms. The first-order valence-corrected chi connectivity index (χ1v) is 4.18. The highest BCUT2D eigenvalue weighted by atomic mass is 16.6. The van der Waals surface area contributed by atoms with Crippen LogP contribution in [0, 0.1) is 0 Å². The molecule has 0 bridgehead atoms. The van der Waals surface area contributed by atoms with Crippen molar-refractivity contribution in [2.24, 2.45) is 0 Å². The molecule has 0 fully saturated rings. The van der Waals surface area contributed by atoms with Gasteiger partial charge in [-0.15, -0.1) is 0 Å². The van der Waals surface area contributed by atoms with Crippen molar-refractivity contribution in [3.8, 4) is 0 Å². The van der Waals surface area contributed by atoms with Crippen molar-refractivity contribution in [1.82, 2.24) is 0 Å². The van der Waals surface area contributed by atoms with E-state index < -0.39 is 24.6 Å². The minimum Gasteiger partial charge on any atom is -0.390 e. The number of hydrogen-bond donors (Lipinski definition) is 3. The highest BCUT2D eigenvalue weighted by Crippen LogP contribution is 2.06. The van der Waals surface area contributed by atoms with Gasteiger partial charge in [0, 0.05) is 0 Å². The fraction of sp³-hybridized carbons (Fsp3) is 1.00. The average molecular weight is 178 g/mol. The van der Waals surface area contributed by atoms with Gasteiger partial charge in [-0.2, -0.15) is 0 Å². The van der Waals surface area contributed by atoms with Crippen LogP contribution < -0.4 is 0 Å². The monoisotopic (exact) mass is 178 g/mol. The van der Waals surface area contributed by atoms with Gasteiger partial charge < -0.3 is 20.1 Å². The lowest BCUT2D eigenvalue weighted by atomic mass is 10.2. The van der Waals surface area contributed by atoms with E-state index in [1.807, 2.05) is 6.92 Å². The van der Waals surface area contributed by atoms with Gasteiger partial charge in [0.2, 0.25) is 0 Å². The molecule has 0 aromatic rings. The third-order valence-corrected chi connectivity index (χ3v) is 1.73. The van der Waals surface area contributed by atoms with Crippen LogP contribution in [0.5, 0.6) is 0 Å². The average Bonchev–Trinajstić information content (AvgIpc) is 2.02. The van der Waals surface area contributed by atoms with Gasteiger partial charge in [-0.3, -0.25) is 0 Å². The van der Waals surface area contributed by atoms with Crippen LogP contribution >= 0.6 is 0 Å². The Hall–Kier alpha value is -0.160. The standard InChI is InChI=1S/C8H18O4/c1-4-7(10)6(3)12-8(11)5(2)9/h5-11H,4H2,1-3H3/t5-,6?,7?,8?/m0/s1. The molecule has 0 saturated carbocycles. The Balaban J connectivity index is 3.75. The summed E-state index contributed by atoms with van der Waals surface area (Å²) in [4.78, 5) is 0. The molecule has 0 heterocycles.